The quantitative estimate of drug-likeness (QED) is 0.652. The molecule has 0 radical (unpaired) electrons. The van der Waals surface area contributed by atoms with Gasteiger partial charge in [-0.2, -0.15) is 4.31 Å². The Bertz CT molecular complexity index is 1170. The summed E-state index contributed by atoms with van der Waals surface area (Å²) in [5, 5.41) is 0.558. The number of rotatable bonds is 4. The number of Topliss-reactive ketones (excluding diaryl/α,β-unsaturated/α-hetero) is 1. The smallest absolute Gasteiger partial charge is 0.324 e. The van der Waals surface area contributed by atoms with Crippen LogP contribution in [0.5, 0.6) is 0 Å². The fourth-order valence-electron chi connectivity index (χ4n) is 4.34. The number of aryl methyl sites for hydroxylation is 1. The van der Waals surface area contributed by atoms with Crippen LogP contribution in [0.15, 0.2) is 59.0 Å². The van der Waals surface area contributed by atoms with E-state index in [1.54, 1.807) is 36.4 Å². The van der Waals surface area contributed by atoms with E-state index in [1.807, 2.05) is 6.92 Å². The van der Waals surface area contributed by atoms with Crippen LogP contribution >= 0.6 is 11.6 Å². The second kappa shape index (κ2) is 8.22. The minimum atomic E-state index is -3.95. The summed E-state index contributed by atoms with van der Waals surface area (Å²) >= 11 is 5.98. The van der Waals surface area contributed by atoms with Gasteiger partial charge in [-0.05, 0) is 43.2 Å². The van der Waals surface area contributed by atoms with E-state index in [-0.39, 0.29) is 36.0 Å². The summed E-state index contributed by atoms with van der Waals surface area (Å²) in [6.07, 6.45) is 0.327. The number of ether oxygens (including phenoxy) is 1. The third kappa shape index (κ3) is 3.93. The Kier molecular flexibility index (Phi) is 5.77. The molecular weight excluding hydrogens is 438 g/mol. The van der Waals surface area contributed by atoms with Gasteiger partial charge in [-0.25, -0.2) is 8.42 Å². The first-order valence-electron chi connectivity index (χ1n) is 9.91. The summed E-state index contributed by atoms with van der Waals surface area (Å²) < 4.78 is 32.9. The first-order chi connectivity index (χ1) is 14.7. The molecule has 0 N–H and O–H groups in total. The fourth-order valence-corrected chi connectivity index (χ4v) is 6.09. The summed E-state index contributed by atoms with van der Waals surface area (Å²) in [6.45, 7) is 1.92. The van der Waals surface area contributed by atoms with Crippen molar-refractivity contribution in [2.75, 3.05) is 13.7 Å². The van der Waals surface area contributed by atoms with Crippen LogP contribution in [0, 0.1) is 12.8 Å². The van der Waals surface area contributed by atoms with Crippen molar-refractivity contribution < 1.29 is 22.7 Å². The van der Waals surface area contributed by atoms with E-state index in [0.717, 1.165) is 16.7 Å². The number of allylic oxidation sites excluding steroid dienone is 1. The van der Waals surface area contributed by atoms with Crippen molar-refractivity contribution in [2.45, 2.75) is 30.7 Å². The highest BCUT2D eigenvalue weighted by atomic mass is 35.5. The van der Waals surface area contributed by atoms with Gasteiger partial charge >= 0.3 is 5.97 Å². The largest absolute Gasteiger partial charge is 0.468 e. The topological polar surface area (TPSA) is 80.8 Å². The number of halogens is 1. The summed E-state index contributed by atoms with van der Waals surface area (Å²) in [5.74, 6) is -0.976. The van der Waals surface area contributed by atoms with E-state index in [2.05, 4.69) is 0 Å². The Balaban J connectivity index is 1.77. The second-order valence-electron chi connectivity index (χ2n) is 7.86. The normalized spacial score (nSPS) is 21.8. The molecule has 6 nitrogen and oxygen atoms in total. The number of sulfonamides is 1. The van der Waals surface area contributed by atoms with Crippen LogP contribution in [-0.4, -0.2) is 44.2 Å². The third-order valence-corrected chi connectivity index (χ3v) is 8.06. The van der Waals surface area contributed by atoms with Crippen molar-refractivity contribution in [2.24, 2.45) is 5.92 Å². The zero-order valence-electron chi connectivity index (χ0n) is 17.2. The van der Waals surface area contributed by atoms with Crippen molar-refractivity contribution in [1.82, 2.24) is 4.31 Å². The summed E-state index contributed by atoms with van der Waals surface area (Å²) in [4.78, 5) is 25.6. The molecule has 162 valence electrons. The van der Waals surface area contributed by atoms with Gasteiger partial charge in [-0.3, -0.25) is 9.59 Å². The molecule has 2 atom stereocenters. The molecule has 2 aromatic rings. The van der Waals surface area contributed by atoms with Crippen LogP contribution in [0.25, 0.3) is 5.57 Å². The molecule has 1 aliphatic carbocycles. The molecule has 0 bridgehead atoms. The zero-order valence-corrected chi connectivity index (χ0v) is 18.7. The zero-order chi connectivity index (χ0) is 22.3. The molecular formula is C23H22ClNO5S. The maximum Gasteiger partial charge on any atom is 0.324 e. The Morgan fingerprint density at radius 2 is 1.71 bits per heavy atom. The van der Waals surface area contributed by atoms with Gasteiger partial charge in [0.25, 0.3) is 0 Å². The highest BCUT2D eigenvalue weighted by molar-refractivity contribution is 7.89. The number of hydrogen-bond acceptors (Lipinski definition) is 5. The molecule has 8 heteroatoms. The summed E-state index contributed by atoms with van der Waals surface area (Å²) in [6, 6.07) is 12.4. The molecule has 31 heavy (non-hydrogen) atoms. The maximum absolute atomic E-state index is 13.4. The number of fused-ring (bicyclic) bond motifs is 1. The molecule has 1 saturated heterocycles. The molecule has 1 aliphatic heterocycles. The Morgan fingerprint density at radius 3 is 2.32 bits per heavy atom. The van der Waals surface area contributed by atoms with Gasteiger partial charge in [-0.15, -0.1) is 0 Å². The first kappa shape index (κ1) is 21.7. The van der Waals surface area contributed by atoms with Gasteiger partial charge in [0, 0.05) is 29.5 Å². The van der Waals surface area contributed by atoms with Crippen molar-refractivity contribution >= 4 is 38.9 Å². The molecule has 0 amide bonds. The van der Waals surface area contributed by atoms with Crippen molar-refractivity contribution in [3.63, 3.8) is 0 Å². The van der Waals surface area contributed by atoms with E-state index >= 15 is 0 Å². The molecule has 4 rings (SSSR count). The molecule has 2 aromatic carbocycles. The molecule has 0 aromatic heterocycles. The van der Waals surface area contributed by atoms with Gasteiger partial charge < -0.3 is 4.74 Å². The van der Waals surface area contributed by atoms with Crippen LogP contribution in [0.4, 0.5) is 0 Å². The number of esters is 1. The van der Waals surface area contributed by atoms with Gasteiger partial charge in [0.05, 0.1) is 12.0 Å². The summed E-state index contributed by atoms with van der Waals surface area (Å²) in [5.41, 5.74) is 3.02. The van der Waals surface area contributed by atoms with E-state index in [0.29, 0.717) is 10.6 Å². The number of carbonyl (C=O) groups excluding carboxylic acids is 2. The second-order valence-corrected chi connectivity index (χ2v) is 10.2. The predicted molar refractivity (Wildman–Crippen MR) is 117 cm³/mol. The van der Waals surface area contributed by atoms with Crippen LogP contribution in [-0.2, 0) is 24.3 Å². The van der Waals surface area contributed by atoms with Crippen molar-refractivity contribution in [3.05, 3.63) is 70.3 Å². The predicted octanol–water partition coefficient (Wildman–Crippen LogP) is 3.63. The average molecular weight is 460 g/mol. The molecule has 1 fully saturated rings. The minimum Gasteiger partial charge on any atom is -0.468 e. The highest BCUT2D eigenvalue weighted by Gasteiger charge is 2.47. The molecule has 2 aliphatic rings. The lowest BCUT2D eigenvalue weighted by atomic mass is 9.88. The van der Waals surface area contributed by atoms with Crippen molar-refractivity contribution in [1.29, 1.82) is 0 Å². The van der Waals surface area contributed by atoms with Gasteiger partial charge in [0.1, 0.15) is 6.04 Å². The standard InChI is InChI=1S/C23H22ClNO5S/c1-14-3-9-18(10-4-14)31(28,29)25-13-16-11-21(26)22(15-5-7-17(24)8-6-15)19(16)12-20(25)23(27)30-2/h3-10,16,20H,11-13H2,1-2H3/t16-,20+/m1/s1. The monoisotopic (exact) mass is 459 g/mol. The van der Waals surface area contributed by atoms with Gasteiger partial charge in [-0.1, -0.05) is 47.0 Å². The Hall–Kier alpha value is -2.48. The lowest BCUT2D eigenvalue weighted by molar-refractivity contribution is -0.145. The number of carbonyl (C=O) groups is 2. The summed E-state index contributed by atoms with van der Waals surface area (Å²) in [7, 11) is -2.71. The average Bonchev–Trinajstić information content (AvgIpc) is 3.08. The Morgan fingerprint density at radius 1 is 1.06 bits per heavy atom. The van der Waals surface area contributed by atoms with Crippen molar-refractivity contribution in [3.8, 4) is 0 Å². The van der Waals surface area contributed by atoms with E-state index in [9.17, 15) is 18.0 Å². The van der Waals surface area contributed by atoms with Gasteiger partial charge in [0.2, 0.25) is 10.0 Å². The molecule has 0 spiro atoms. The highest BCUT2D eigenvalue weighted by Crippen LogP contribution is 2.44. The van der Waals surface area contributed by atoms with Crippen LogP contribution in [0.2, 0.25) is 5.02 Å². The fraction of sp³-hybridized carbons (Fsp3) is 0.304. The lowest BCUT2D eigenvalue weighted by Gasteiger charge is -2.37. The number of nitrogens with zero attached hydrogens (tertiary/aromatic N) is 1. The molecule has 1 heterocycles. The number of piperidine rings is 1. The maximum atomic E-state index is 13.4. The lowest BCUT2D eigenvalue weighted by Crippen LogP contribution is -2.51. The van der Waals surface area contributed by atoms with Crippen LogP contribution < -0.4 is 0 Å². The SMILES string of the molecule is COC(=O)[C@@H]1CC2=C(c3ccc(Cl)cc3)C(=O)C[C@@H]2CN1S(=O)(=O)c1ccc(C)cc1. The Labute approximate surface area is 186 Å². The van der Waals surface area contributed by atoms with E-state index in [4.69, 9.17) is 16.3 Å². The van der Waals surface area contributed by atoms with E-state index in [1.165, 1.54) is 23.5 Å². The third-order valence-electron chi connectivity index (χ3n) is 5.92. The van der Waals surface area contributed by atoms with Crippen LogP contribution in [0.1, 0.15) is 24.0 Å². The molecule has 0 unspecified atom stereocenters. The number of ketones is 1. The number of methoxy groups -OCH3 is 1. The first-order valence-corrected chi connectivity index (χ1v) is 11.7. The molecule has 0 saturated carbocycles. The minimum absolute atomic E-state index is 0.0497. The number of hydrogen-bond donors (Lipinski definition) is 0. The number of benzene rings is 2. The van der Waals surface area contributed by atoms with Gasteiger partial charge in [0.15, 0.2) is 5.78 Å². The van der Waals surface area contributed by atoms with E-state index < -0.39 is 22.0 Å². The van der Waals surface area contributed by atoms with Crippen LogP contribution in [0.3, 0.4) is 0 Å².